The van der Waals surface area contributed by atoms with Gasteiger partial charge in [0.15, 0.2) is 5.79 Å². The van der Waals surface area contributed by atoms with Gasteiger partial charge in [-0.2, -0.15) is 0 Å². The summed E-state index contributed by atoms with van der Waals surface area (Å²) in [5, 5.41) is 19.8. The number of fused-ring (bicyclic) bond motifs is 7. The maximum Gasteiger partial charge on any atom is 0.171 e. The van der Waals surface area contributed by atoms with Crippen LogP contribution in [0.5, 0.6) is 0 Å². The molecule has 0 aromatic rings. The molecule has 6 rings (SSSR count). The number of aliphatic hydroxyl groups is 2. The third kappa shape index (κ3) is 2.87. The summed E-state index contributed by atoms with van der Waals surface area (Å²) in [6.07, 6.45) is 12.2. The fraction of sp³-hybridized carbons (Fsp3) is 1.00. The van der Waals surface area contributed by atoms with Crippen molar-refractivity contribution in [3.8, 4) is 0 Å². The standard InChI is InChI=1S/C27H44O4/c1-16-24-23(31-27(16)11-6-17(14-28)15-30-27)13-22-20-5-4-18-12-19(29)7-9-25(18,2)21(20)8-10-26(22,24)3/h16-24,28-29H,4-15H2,1-3H3/t16-,17?,18?,19?,20+,21-,22-,23-,24-,25-,26-,27+/m0/s1. The van der Waals surface area contributed by atoms with Crippen molar-refractivity contribution in [2.75, 3.05) is 13.2 Å². The summed E-state index contributed by atoms with van der Waals surface area (Å²) < 4.78 is 13.3. The van der Waals surface area contributed by atoms with E-state index in [-0.39, 0.29) is 18.6 Å². The molecule has 0 aromatic heterocycles. The fourth-order valence-corrected chi connectivity index (χ4v) is 10.3. The van der Waals surface area contributed by atoms with Gasteiger partial charge in [0.2, 0.25) is 0 Å². The summed E-state index contributed by atoms with van der Waals surface area (Å²) in [5.74, 6) is 4.16. The van der Waals surface area contributed by atoms with E-state index < -0.39 is 5.79 Å². The van der Waals surface area contributed by atoms with Crippen LogP contribution in [0.25, 0.3) is 0 Å². The van der Waals surface area contributed by atoms with Crippen LogP contribution in [0.4, 0.5) is 0 Å². The van der Waals surface area contributed by atoms with Crippen LogP contribution in [-0.4, -0.2) is 41.4 Å². The van der Waals surface area contributed by atoms with Crippen molar-refractivity contribution < 1.29 is 19.7 Å². The van der Waals surface area contributed by atoms with E-state index in [2.05, 4.69) is 20.8 Å². The zero-order valence-corrected chi connectivity index (χ0v) is 19.9. The normalized spacial score (nSPS) is 60.9. The Hall–Kier alpha value is -0.160. The molecule has 4 aliphatic carbocycles. The van der Waals surface area contributed by atoms with E-state index in [0.29, 0.717) is 35.4 Å². The van der Waals surface area contributed by atoms with Gasteiger partial charge in [-0.15, -0.1) is 0 Å². The van der Waals surface area contributed by atoms with Crippen molar-refractivity contribution in [2.45, 2.75) is 103 Å². The summed E-state index contributed by atoms with van der Waals surface area (Å²) in [6, 6.07) is 0. The van der Waals surface area contributed by atoms with Crippen LogP contribution in [-0.2, 0) is 9.47 Å². The third-order valence-corrected chi connectivity index (χ3v) is 12.0. The van der Waals surface area contributed by atoms with E-state index in [0.717, 1.165) is 49.4 Å². The molecule has 2 saturated heterocycles. The van der Waals surface area contributed by atoms with Crippen molar-refractivity contribution in [1.82, 2.24) is 0 Å². The van der Waals surface area contributed by atoms with E-state index in [4.69, 9.17) is 9.47 Å². The highest BCUT2D eigenvalue weighted by molar-refractivity contribution is 5.15. The highest BCUT2D eigenvalue weighted by Gasteiger charge is 2.69. The molecule has 2 heterocycles. The first-order valence-corrected chi connectivity index (χ1v) is 13.4. The largest absolute Gasteiger partial charge is 0.396 e. The molecule has 2 aliphatic heterocycles. The molecule has 4 nitrogen and oxygen atoms in total. The molecule has 0 bridgehead atoms. The van der Waals surface area contributed by atoms with E-state index in [1.807, 2.05) is 0 Å². The lowest BCUT2D eigenvalue weighted by Crippen LogP contribution is -2.55. The zero-order chi connectivity index (χ0) is 21.6. The number of aliphatic hydroxyl groups excluding tert-OH is 2. The van der Waals surface area contributed by atoms with Gasteiger partial charge in [0.1, 0.15) is 0 Å². The van der Waals surface area contributed by atoms with E-state index >= 15 is 0 Å². The van der Waals surface area contributed by atoms with Crippen LogP contribution in [0.1, 0.15) is 85.0 Å². The Bertz CT molecular complexity index is 701. The van der Waals surface area contributed by atoms with Crippen molar-refractivity contribution >= 4 is 0 Å². The van der Waals surface area contributed by atoms with Crippen molar-refractivity contribution in [3.05, 3.63) is 0 Å². The average molecular weight is 433 g/mol. The quantitative estimate of drug-likeness (QED) is 0.627. The van der Waals surface area contributed by atoms with Gasteiger partial charge in [0.05, 0.1) is 18.8 Å². The highest BCUT2D eigenvalue weighted by atomic mass is 16.7. The maximum atomic E-state index is 10.3. The molecule has 6 aliphatic rings. The van der Waals surface area contributed by atoms with E-state index in [1.54, 1.807) is 0 Å². The minimum Gasteiger partial charge on any atom is -0.396 e. The lowest BCUT2D eigenvalue weighted by molar-refractivity contribution is -0.275. The lowest BCUT2D eigenvalue weighted by Gasteiger charge is -2.61. The number of rotatable bonds is 1. The Morgan fingerprint density at radius 1 is 0.903 bits per heavy atom. The second kappa shape index (κ2) is 7.17. The molecule has 176 valence electrons. The first kappa shape index (κ1) is 21.4. The molecule has 12 atom stereocenters. The molecular formula is C27H44O4. The highest BCUT2D eigenvalue weighted by Crippen LogP contribution is 2.71. The second-order valence-electron chi connectivity index (χ2n) is 13.0. The zero-order valence-electron chi connectivity index (χ0n) is 19.9. The van der Waals surface area contributed by atoms with Crippen LogP contribution >= 0.6 is 0 Å². The van der Waals surface area contributed by atoms with Crippen LogP contribution in [0, 0.1) is 52.3 Å². The number of hydrogen-bond acceptors (Lipinski definition) is 4. The first-order valence-electron chi connectivity index (χ1n) is 13.4. The molecule has 0 amide bonds. The molecule has 0 aromatic carbocycles. The van der Waals surface area contributed by atoms with Gasteiger partial charge in [-0.05, 0) is 98.2 Å². The van der Waals surface area contributed by atoms with Gasteiger partial charge in [0.25, 0.3) is 0 Å². The summed E-state index contributed by atoms with van der Waals surface area (Å²) in [7, 11) is 0. The monoisotopic (exact) mass is 432 g/mol. The second-order valence-corrected chi connectivity index (χ2v) is 13.0. The summed E-state index contributed by atoms with van der Waals surface area (Å²) >= 11 is 0. The lowest BCUT2D eigenvalue weighted by atomic mass is 9.44. The maximum absolute atomic E-state index is 10.3. The predicted octanol–water partition coefficient (Wildman–Crippen LogP) is 4.77. The molecule has 6 fully saturated rings. The Balaban J connectivity index is 1.24. The van der Waals surface area contributed by atoms with Gasteiger partial charge < -0.3 is 19.7 Å². The predicted molar refractivity (Wildman–Crippen MR) is 119 cm³/mol. The molecule has 1 spiro atoms. The molecular weight excluding hydrogens is 388 g/mol. The van der Waals surface area contributed by atoms with Crippen LogP contribution in [0.2, 0.25) is 0 Å². The van der Waals surface area contributed by atoms with Crippen molar-refractivity contribution in [2.24, 2.45) is 52.3 Å². The van der Waals surface area contributed by atoms with Crippen molar-refractivity contribution in [3.63, 3.8) is 0 Å². The molecule has 3 unspecified atom stereocenters. The van der Waals surface area contributed by atoms with Gasteiger partial charge in [-0.3, -0.25) is 0 Å². The minimum absolute atomic E-state index is 0.0549. The molecule has 31 heavy (non-hydrogen) atoms. The minimum atomic E-state index is -0.394. The summed E-state index contributed by atoms with van der Waals surface area (Å²) in [5.41, 5.74) is 0.823. The average Bonchev–Trinajstić information content (AvgIpc) is 3.20. The summed E-state index contributed by atoms with van der Waals surface area (Å²) in [6.45, 7) is 8.48. The number of hydrogen-bond donors (Lipinski definition) is 2. The van der Waals surface area contributed by atoms with Gasteiger partial charge in [-0.25, -0.2) is 0 Å². The van der Waals surface area contributed by atoms with Gasteiger partial charge in [0, 0.05) is 24.9 Å². The Morgan fingerprint density at radius 3 is 2.45 bits per heavy atom. The SMILES string of the molecule is C[C@H]1[C@H]2[C@H](C[C@H]3[C@@H]4CCC5CC(O)CC[C@]5(C)[C@H]4CC[C@]23C)O[C@]12CCC(CO)CO2. The van der Waals surface area contributed by atoms with Crippen molar-refractivity contribution in [1.29, 1.82) is 0 Å². The van der Waals surface area contributed by atoms with Crippen LogP contribution < -0.4 is 0 Å². The Kier molecular flexibility index (Phi) is 4.94. The smallest absolute Gasteiger partial charge is 0.171 e. The fourth-order valence-electron chi connectivity index (χ4n) is 10.3. The van der Waals surface area contributed by atoms with Gasteiger partial charge in [-0.1, -0.05) is 20.8 Å². The molecule has 4 saturated carbocycles. The Labute approximate surface area is 188 Å². The van der Waals surface area contributed by atoms with E-state index in [9.17, 15) is 10.2 Å². The first-order chi connectivity index (χ1) is 14.8. The van der Waals surface area contributed by atoms with E-state index in [1.165, 1.54) is 38.5 Å². The molecule has 0 radical (unpaired) electrons. The summed E-state index contributed by atoms with van der Waals surface area (Å²) in [4.78, 5) is 0. The van der Waals surface area contributed by atoms with Crippen LogP contribution in [0.15, 0.2) is 0 Å². The number of ether oxygens (including phenoxy) is 2. The Morgan fingerprint density at radius 2 is 1.71 bits per heavy atom. The molecule has 2 N–H and O–H groups in total. The van der Waals surface area contributed by atoms with Gasteiger partial charge >= 0.3 is 0 Å². The van der Waals surface area contributed by atoms with Crippen LogP contribution in [0.3, 0.4) is 0 Å². The molecule has 4 heteroatoms. The third-order valence-electron chi connectivity index (χ3n) is 12.0. The topological polar surface area (TPSA) is 58.9 Å².